The molecule has 0 heterocycles. The molecule has 154 valence electrons. The number of hydrogen-bond donors (Lipinski definition) is 1. The molecule has 0 saturated carbocycles. The highest BCUT2D eigenvalue weighted by Crippen LogP contribution is 2.30. The van der Waals surface area contributed by atoms with E-state index in [-0.39, 0.29) is 5.56 Å². The molecular weight excluding hydrogens is 424 g/mol. The Morgan fingerprint density at radius 2 is 1.47 bits per heavy atom. The SMILES string of the molecule is CN(C(=O)NC(=O)c1c(F)cccc1F)c1cc(F)c(-c2ccc(Cl)cc2)cc1F. The molecule has 1 N–H and O–H groups in total. The molecule has 4 nitrogen and oxygen atoms in total. The van der Waals surface area contributed by atoms with Gasteiger partial charge in [-0.1, -0.05) is 29.8 Å². The predicted molar refractivity (Wildman–Crippen MR) is 104 cm³/mol. The van der Waals surface area contributed by atoms with Gasteiger partial charge in [0.15, 0.2) is 0 Å². The van der Waals surface area contributed by atoms with Gasteiger partial charge in [0, 0.05) is 23.7 Å². The number of rotatable bonds is 3. The van der Waals surface area contributed by atoms with Crippen LogP contribution >= 0.6 is 11.6 Å². The molecule has 0 atom stereocenters. The second kappa shape index (κ2) is 8.54. The third-order valence-corrected chi connectivity index (χ3v) is 4.52. The van der Waals surface area contributed by atoms with Crippen molar-refractivity contribution in [2.75, 3.05) is 11.9 Å². The van der Waals surface area contributed by atoms with E-state index in [2.05, 4.69) is 0 Å². The normalized spacial score (nSPS) is 10.6. The fourth-order valence-corrected chi connectivity index (χ4v) is 2.84. The van der Waals surface area contributed by atoms with Crippen molar-refractivity contribution < 1.29 is 27.2 Å². The zero-order valence-corrected chi connectivity index (χ0v) is 16.1. The Kier molecular flexibility index (Phi) is 6.07. The molecule has 0 aliphatic rings. The average molecular weight is 437 g/mol. The molecule has 3 aromatic carbocycles. The molecular formula is C21H13ClF4N2O2. The zero-order chi connectivity index (χ0) is 22.0. The monoisotopic (exact) mass is 436 g/mol. The number of benzene rings is 3. The van der Waals surface area contributed by atoms with Crippen LogP contribution in [0.5, 0.6) is 0 Å². The van der Waals surface area contributed by atoms with E-state index >= 15 is 0 Å². The molecule has 0 bridgehead atoms. The molecule has 0 unspecified atom stereocenters. The lowest BCUT2D eigenvalue weighted by Gasteiger charge is -2.19. The highest BCUT2D eigenvalue weighted by molar-refractivity contribution is 6.30. The quantitative estimate of drug-likeness (QED) is 0.547. The van der Waals surface area contributed by atoms with Gasteiger partial charge in [-0.3, -0.25) is 15.0 Å². The lowest BCUT2D eigenvalue weighted by atomic mass is 10.0. The minimum Gasteiger partial charge on any atom is -0.294 e. The Labute approximate surface area is 173 Å². The summed E-state index contributed by atoms with van der Waals surface area (Å²) in [5.74, 6) is -5.50. The van der Waals surface area contributed by atoms with Crippen LogP contribution < -0.4 is 10.2 Å². The van der Waals surface area contributed by atoms with Crippen molar-refractivity contribution in [1.29, 1.82) is 0 Å². The molecule has 0 radical (unpaired) electrons. The van der Waals surface area contributed by atoms with E-state index in [9.17, 15) is 27.2 Å². The summed E-state index contributed by atoms with van der Waals surface area (Å²) in [6, 6.07) is 9.20. The van der Waals surface area contributed by atoms with Gasteiger partial charge in [0.25, 0.3) is 5.91 Å². The Hall–Kier alpha value is -3.39. The second-order valence-corrected chi connectivity index (χ2v) is 6.64. The number of carbonyl (C=O) groups excluding carboxylic acids is 2. The summed E-state index contributed by atoms with van der Waals surface area (Å²) in [5.41, 5.74) is -1.15. The van der Waals surface area contributed by atoms with Crippen molar-refractivity contribution >= 4 is 29.2 Å². The first kappa shape index (κ1) is 21.3. The Balaban J connectivity index is 1.85. The van der Waals surface area contributed by atoms with Crippen LogP contribution in [0.1, 0.15) is 10.4 Å². The third kappa shape index (κ3) is 4.28. The second-order valence-electron chi connectivity index (χ2n) is 6.21. The molecule has 0 fully saturated rings. The molecule has 0 aliphatic carbocycles. The molecule has 30 heavy (non-hydrogen) atoms. The number of imide groups is 1. The van der Waals surface area contributed by atoms with E-state index < -0.39 is 46.5 Å². The number of anilines is 1. The van der Waals surface area contributed by atoms with Gasteiger partial charge in [0.1, 0.15) is 28.8 Å². The Bertz CT molecular complexity index is 1120. The summed E-state index contributed by atoms with van der Waals surface area (Å²) in [7, 11) is 1.07. The van der Waals surface area contributed by atoms with Crippen molar-refractivity contribution in [3.05, 3.63) is 88.5 Å². The van der Waals surface area contributed by atoms with E-state index in [0.29, 0.717) is 15.5 Å². The third-order valence-electron chi connectivity index (χ3n) is 4.27. The molecule has 9 heteroatoms. The van der Waals surface area contributed by atoms with E-state index in [1.807, 2.05) is 0 Å². The molecule has 0 aromatic heterocycles. The van der Waals surface area contributed by atoms with Crippen LogP contribution in [0.25, 0.3) is 11.1 Å². The molecule has 3 rings (SSSR count). The van der Waals surface area contributed by atoms with E-state index in [4.69, 9.17) is 11.6 Å². The lowest BCUT2D eigenvalue weighted by molar-refractivity contribution is 0.0957. The predicted octanol–water partition coefficient (Wildman–Crippen LogP) is 5.55. The molecule has 0 spiro atoms. The maximum atomic E-state index is 14.6. The Morgan fingerprint density at radius 1 is 0.867 bits per heavy atom. The van der Waals surface area contributed by atoms with Crippen molar-refractivity contribution in [2.24, 2.45) is 0 Å². The van der Waals surface area contributed by atoms with Crippen LogP contribution in [0.4, 0.5) is 28.0 Å². The van der Waals surface area contributed by atoms with Gasteiger partial charge in [0.2, 0.25) is 0 Å². The maximum Gasteiger partial charge on any atom is 0.328 e. The van der Waals surface area contributed by atoms with Gasteiger partial charge in [-0.2, -0.15) is 0 Å². The van der Waals surface area contributed by atoms with Crippen molar-refractivity contribution in [2.45, 2.75) is 0 Å². The highest BCUT2D eigenvalue weighted by Gasteiger charge is 2.23. The molecule has 0 saturated heterocycles. The number of nitrogens with zero attached hydrogens (tertiary/aromatic N) is 1. The maximum absolute atomic E-state index is 14.6. The first-order valence-corrected chi connectivity index (χ1v) is 8.85. The van der Waals surface area contributed by atoms with Gasteiger partial charge >= 0.3 is 6.03 Å². The van der Waals surface area contributed by atoms with Gasteiger partial charge < -0.3 is 0 Å². The van der Waals surface area contributed by atoms with Crippen LogP contribution in [-0.4, -0.2) is 19.0 Å². The number of carbonyl (C=O) groups is 2. The zero-order valence-electron chi connectivity index (χ0n) is 15.3. The minimum absolute atomic E-state index is 0.0637. The van der Waals surface area contributed by atoms with Crippen LogP contribution in [0, 0.1) is 23.3 Å². The first-order valence-electron chi connectivity index (χ1n) is 8.47. The van der Waals surface area contributed by atoms with Crippen molar-refractivity contribution in [3.8, 4) is 11.1 Å². The lowest BCUT2D eigenvalue weighted by Crippen LogP contribution is -2.41. The first-order chi connectivity index (χ1) is 14.2. The number of hydrogen-bond acceptors (Lipinski definition) is 2. The average Bonchev–Trinajstić information content (AvgIpc) is 2.69. The fourth-order valence-electron chi connectivity index (χ4n) is 2.71. The smallest absolute Gasteiger partial charge is 0.294 e. The number of urea groups is 1. The topological polar surface area (TPSA) is 49.4 Å². The standard InChI is InChI=1S/C21H13ClF4N2O2/c1-28(21(30)27-20(29)19-14(23)3-2-4-15(19)24)18-10-16(25)13(9-17(18)26)11-5-7-12(22)8-6-11/h2-10H,1H3,(H,27,29,30). The molecule has 3 amide bonds. The summed E-state index contributed by atoms with van der Waals surface area (Å²) in [6.45, 7) is 0. The number of nitrogens with one attached hydrogen (secondary N) is 1. The van der Waals surface area contributed by atoms with Crippen molar-refractivity contribution in [1.82, 2.24) is 5.32 Å². The van der Waals surface area contributed by atoms with Gasteiger partial charge in [-0.25, -0.2) is 22.4 Å². The summed E-state index contributed by atoms with van der Waals surface area (Å²) >= 11 is 5.78. The van der Waals surface area contributed by atoms with Crippen LogP contribution in [-0.2, 0) is 0 Å². The van der Waals surface area contributed by atoms with E-state index in [0.717, 1.165) is 37.4 Å². The number of halogens is 5. The van der Waals surface area contributed by atoms with Gasteiger partial charge in [-0.15, -0.1) is 0 Å². The van der Waals surface area contributed by atoms with Crippen LogP contribution in [0.2, 0.25) is 5.02 Å². The summed E-state index contributed by atoms with van der Waals surface area (Å²) in [6.07, 6.45) is 0. The van der Waals surface area contributed by atoms with Gasteiger partial charge in [0.05, 0.1) is 5.69 Å². The largest absolute Gasteiger partial charge is 0.328 e. The van der Waals surface area contributed by atoms with E-state index in [1.54, 1.807) is 5.32 Å². The molecule has 3 aromatic rings. The van der Waals surface area contributed by atoms with Crippen LogP contribution in [0.3, 0.4) is 0 Å². The molecule has 0 aliphatic heterocycles. The summed E-state index contributed by atoms with van der Waals surface area (Å²) < 4.78 is 56.5. The summed E-state index contributed by atoms with van der Waals surface area (Å²) in [4.78, 5) is 24.9. The Morgan fingerprint density at radius 3 is 2.07 bits per heavy atom. The van der Waals surface area contributed by atoms with E-state index in [1.165, 1.54) is 24.3 Å². The number of amides is 3. The fraction of sp³-hybridized carbons (Fsp3) is 0.0476. The van der Waals surface area contributed by atoms with Crippen LogP contribution in [0.15, 0.2) is 54.6 Å². The highest BCUT2D eigenvalue weighted by atomic mass is 35.5. The minimum atomic E-state index is -1.36. The van der Waals surface area contributed by atoms with Crippen molar-refractivity contribution in [3.63, 3.8) is 0 Å². The van der Waals surface area contributed by atoms with Gasteiger partial charge in [-0.05, 0) is 35.9 Å². The summed E-state index contributed by atoms with van der Waals surface area (Å²) in [5, 5.41) is 2.16.